The van der Waals surface area contributed by atoms with Gasteiger partial charge in [-0.05, 0) is 36.9 Å². The third-order valence-electron chi connectivity index (χ3n) is 3.97. The summed E-state index contributed by atoms with van der Waals surface area (Å²) in [5.41, 5.74) is 2.47. The molecular weight excluding hydrogens is 262 g/mol. The first-order valence-electron chi connectivity index (χ1n) is 7.90. The van der Waals surface area contributed by atoms with Crippen LogP contribution in [0.2, 0.25) is 0 Å². The number of benzene rings is 1. The fraction of sp³-hybridized carbons (Fsp3) is 0.588. The normalized spacial score (nSPS) is 18.3. The van der Waals surface area contributed by atoms with Crippen LogP contribution in [-0.4, -0.2) is 32.1 Å². The lowest BCUT2D eigenvalue weighted by atomic mass is 10.1. The molecule has 0 spiro atoms. The van der Waals surface area contributed by atoms with Crippen molar-refractivity contribution in [1.29, 1.82) is 0 Å². The molecule has 0 radical (unpaired) electrons. The minimum Gasteiger partial charge on any atom is -0.359 e. The number of anilines is 1. The van der Waals surface area contributed by atoms with E-state index >= 15 is 0 Å². The minimum absolute atomic E-state index is 0.0266. The van der Waals surface area contributed by atoms with Gasteiger partial charge in [-0.25, -0.2) is 0 Å². The first kappa shape index (κ1) is 15.8. The van der Waals surface area contributed by atoms with Crippen molar-refractivity contribution in [2.45, 2.75) is 39.3 Å². The number of carbonyl (C=O) groups excluding carboxylic acids is 1. The topological polar surface area (TPSA) is 44.4 Å². The van der Waals surface area contributed by atoms with Gasteiger partial charge in [-0.3, -0.25) is 4.79 Å². The summed E-state index contributed by atoms with van der Waals surface area (Å²) < 4.78 is 0. The van der Waals surface area contributed by atoms with Gasteiger partial charge < -0.3 is 15.5 Å². The van der Waals surface area contributed by atoms with Gasteiger partial charge in [-0.1, -0.05) is 32.0 Å². The number of hydrogen-bond acceptors (Lipinski definition) is 3. The zero-order chi connectivity index (χ0) is 15.2. The van der Waals surface area contributed by atoms with Crippen LogP contribution in [0.1, 0.15) is 32.3 Å². The minimum atomic E-state index is -0.0266. The van der Waals surface area contributed by atoms with Crippen LogP contribution < -0.4 is 15.5 Å². The van der Waals surface area contributed by atoms with Crippen molar-refractivity contribution in [1.82, 2.24) is 10.6 Å². The van der Waals surface area contributed by atoms with Gasteiger partial charge in [-0.2, -0.15) is 0 Å². The van der Waals surface area contributed by atoms with Crippen LogP contribution in [0.25, 0.3) is 0 Å². The van der Waals surface area contributed by atoms with E-state index in [4.69, 9.17) is 0 Å². The molecule has 1 unspecified atom stereocenters. The number of carbonyl (C=O) groups is 1. The molecule has 4 heteroatoms. The average Bonchev–Trinajstić information content (AvgIpc) is 2.96. The van der Waals surface area contributed by atoms with E-state index in [1.807, 2.05) is 0 Å². The Morgan fingerprint density at radius 3 is 2.86 bits per heavy atom. The largest absolute Gasteiger partial charge is 0.359 e. The Bertz CT molecular complexity index is 473. The molecule has 0 aromatic heterocycles. The molecule has 1 heterocycles. The van der Waals surface area contributed by atoms with Gasteiger partial charge in [0.05, 0.1) is 0 Å². The Hall–Kier alpha value is -1.55. The Morgan fingerprint density at radius 1 is 1.38 bits per heavy atom. The summed E-state index contributed by atoms with van der Waals surface area (Å²) in [6.45, 7) is 7.24. The monoisotopic (exact) mass is 289 g/mol. The van der Waals surface area contributed by atoms with E-state index in [9.17, 15) is 4.79 Å². The summed E-state index contributed by atoms with van der Waals surface area (Å²) in [5.74, 6) is 0.764. The predicted octanol–water partition coefficient (Wildman–Crippen LogP) is 2.15. The number of likely N-dealkylation sites (N-methyl/N-ethyl adjacent to an activating group) is 1. The third-order valence-corrected chi connectivity index (χ3v) is 3.97. The van der Waals surface area contributed by atoms with Gasteiger partial charge >= 0.3 is 0 Å². The van der Waals surface area contributed by atoms with Crippen LogP contribution in [0, 0.1) is 5.92 Å². The van der Waals surface area contributed by atoms with Gasteiger partial charge in [0.1, 0.15) is 6.04 Å². The molecule has 1 saturated heterocycles. The molecule has 1 aliphatic heterocycles. The highest BCUT2D eigenvalue weighted by Gasteiger charge is 2.31. The van der Waals surface area contributed by atoms with Crippen molar-refractivity contribution in [2.24, 2.45) is 5.92 Å². The Morgan fingerprint density at radius 2 is 2.14 bits per heavy atom. The molecule has 0 aliphatic carbocycles. The molecule has 1 aromatic carbocycles. The molecule has 1 aromatic rings. The summed E-state index contributed by atoms with van der Waals surface area (Å²) >= 11 is 0. The van der Waals surface area contributed by atoms with Crippen molar-refractivity contribution in [2.75, 3.05) is 25.0 Å². The van der Waals surface area contributed by atoms with Crippen LogP contribution in [-0.2, 0) is 11.3 Å². The molecular formula is C17H27N3O. The van der Waals surface area contributed by atoms with E-state index < -0.39 is 0 Å². The van der Waals surface area contributed by atoms with E-state index in [-0.39, 0.29) is 11.9 Å². The highest BCUT2D eigenvalue weighted by atomic mass is 16.2. The molecule has 116 valence electrons. The molecule has 1 aliphatic rings. The second kappa shape index (κ2) is 7.46. The first-order chi connectivity index (χ1) is 10.1. The number of nitrogens with zero attached hydrogens (tertiary/aromatic N) is 1. The Balaban J connectivity index is 2.13. The summed E-state index contributed by atoms with van der Waals surface area (Å²) in [7, 11) is 1.72. The maximum atomic E-state index is 12.0. The van der Waals surface area contributed by atoms with Crippen LogP contribution in [0.3, 0.4) is 0 Å². The lowest BCUT2D eigenvalue weighted by Crippen LogP contribution is -2.42. The van der Waals surface area contributed by atoms with Crippen LogP contribution in [0.15, 0.2) is 24.3 Å². The van der Waals surface area contributed by atoms with Gasteiger partial charge in [0, 0.05) is 25.8 Å². The van der Waals surface area contributed by atoms with Crippen LogP contribution in [0.4, 0.5) is 5.69 Å². The maximum absolute atomic E-state index is 12.0. The number of para-hydroxylation sites is 1. The summed E-state index contributed by atoms with van der Waals surface area (Å²) in [6, 6.07) is 8.39. The number of amides is 1. The lowest BCUT2D eigenvalue weighted by molar-refractivity contribution is -0.121. The van der Waals surface area contributed by atoms with Gasteiger partial charge in [0.15, 0.2) is 0 Å². The molecule has 1 fully saturated rings. The smallest absolute Gasteiger partial charge is 0.242 e. The van der Waals surface area contributed by atoms with Crippen molar-refractivity contribution >= 4 is 11.6 Å². The summed E-state index contributed by atoms with van der Waals surface area (Å²) in [4.78, 5) is 14.3. The molecule has 4 nitrogen and oxygen atoms in total. The third kappa shape index (κ3) is 3.97. The molecule has 0 bridgehead atoms. The maximum Gasteiger partial charge on any atom is 0.242 e. The molecule has 1 amide bonds. The van der Waals surface area contributed by atoms with E-state index in [1.54, 1.807) is 7.05 Å². The molecule has 1 atom stereocenters. The van der Waals surface area contributed by atoms with Crippen LogP contribution in [0.5, 0.6) is 0 Å². The quantitative estimate of drug-likeness (QED) is 0.843. The predicted molar refractivity (Wildman–Crippen MR) is 87.4 cm³/mol. The van der Waals surface area contributed by atoms with Gasteiger partial charge in [-0.15, -0.1) is 0 Å². The molecule has 21 heavy (non-hydrogen) atoms. The average molecular weight is 289 g/mol. The Labute approximate surface area is 127 Å². The van der Waals surface area contributed by atoms with E-state index in [1.165, 1.54) is 11.3 Å². The number of rotatable bonds is 6. The van der Waals surface area contributed by atoms with E-state index in [0.29, 0.717) is 5.92 Å². The van der Waals surface area contributed by atoms with Gasteiger partial charge in [0.25, 0.3) is 0 Å². The highest BCUT2D eigenvalue weighted by molar-refractivity contribution is 5.85. The van der Waals surface area contributed by atoms with Crippen molar-refractivity contribution in [3.63, 3.8) is 0 Å². The summed E-state index contributed by atoms with van der Waals surface area (Å²) in [5, 5.41) is 6.28. The SMILES string of the molecule is CNC(=O)C1CCCN1c1ccccc1CNCC(C)C. The summed E-state index contributed by atoms with van der Waals surface area (Å²) in [6.07, 6.45) is 2.01. The fourth-order valence-electron chi connectivity index (χ4n) is 2.93. The Kier molecular flexibility index (Phi) is 5.62. The zero-order valence-corrected chi connectivity index (χ0v) is 13.4. The van der Waals surface area contributed by atoms with Crippen molar-refractivity contribution in [3.05, 3.63) is 29.8 Å². The van der Waals surface area contributed by atoms with Crippen molar-refractivity contribution in [3.8, 4) is 0 Å². The standard InChI is InChI=1S/C17H27N3O/c1-13(2)11-19-12-14-7-4-5-8-15(14)20-10-6-9-16(20)17(21)18-3/h4-5,7-8,13,16,19H,6,9-12H2,1-3H3,(H,18,21). The highest BCUT2D eigenvalue weighted by Crippen LogP contribution is 2.28. The first-order valence-corrected chi connectivity index (χ1v) is 7.90. The van der Waals surface area contributed by atoms with Crippen molar-refractivity contribution < 1.29 is 4.79 Å². The number of hydrogen-bond donors (Lipinski definition) is 2. The second-order valence-electron chi connectivity index (χ2n) is 6.12. The molecule has 2 N–H and O–H groups in total. The lowest BCUT2D eigenvalue weighted by Gasteiger charge is -2.28. The van der Waals surface area contributed by atoms with Crippen LogP contribution >= 0.6 is 0 Å². The van der Waals surface area contributed by atoms with E-state index in [2.05, 4.69) is 53.6 Å². The molecule has 2 rings (SSSR count). The van der Waals surface area contributed by atoms with Gasteiger partial charge in [0.2, 0.25) is 5.91 Å². The zero-order valence-electron chi connectivity index (χ0n) is 13.4. The number of nitrogens with one attached hydrogen (secondary N) is 2. The second-order valence-corrected chi connectivity index (χ2v) is 6.12. The molecule has 0 saturated carbocycles. The fourth-order valence-corrected chi connectivity index (χ4v) is 2.93. The van der Waals surface area contributed by atoms with E-state index in [0.717, 1.165) is 32.5 Å².